The highest BCUT2D eigenvalue weighted by molar-refractivity contribution is 6.15. The van der Waals surface area contributed by atoms with E-state index in [9.17, 15) is 9.59 Å². The molecule has 0 saturated carbocycles. The summed E-state index contributed by atoms with van der Waals surface area (Å²) < 4.78 is 16.2. The van der Waals surface area contributed by atoms with Crippen LogP contribution in [0, 0.1) is 6.92 Å². The number of hydrogen-bond donors (Lipinski definition) is 0. The first kappa shape index (κ1) is 17.5. The lowest BCUT2D eigenvalue weighted by molar-refractivity contribution is 0.101. The quantitative estimate of drug-likeness (QED) is 0.788. The van der Waals surface area contributed by atoms with Crippen molar-refractivity contribution < 1.29 is 23.8 Å². The third-order valence-electron chi connectivity index (χ3n) is 4.01. The number of hydrogen-bond acceptors (Lipinski definition) is 5. The van der Waals surface area contributed by atoms with Crippen LogP contribution in [0.15, 0.2) is 42.2 Å². The summed E-state index contributed by atoms with van der Waals surface area (Å²) in [4.78, 5) is 25.7. The summed E-state index contributed by atoms with van der Waals surface area (Å²) in [5, 5.41) is 0. The topological polar surface area (TPSA) is 65.1 Å². The number of Topliss-reactive ketones (excluding diaryl/α,β-unsaturated/α-hetero) is 1. The van der Waals surface area contributed by atoms with E-state index in [1.807, 2.05) is 24.3 Å². The lowest BCUT2D eigenvalue weighted by Crippen LogP contribution is -2.25. The maximum atomic E-state index is 12.6. The number of ether oxygens (including phenoxy) is 3. The molecule has 0 spiro atoms. The number of rotatable bonds is 3. The van der Waals surface area contributed by atoms with Crippen molar-refractivity contribution in [2.24, 2.45) is 0 Å². The highest BCUT2D eigenvalue weighted by Crippen LogP contribution is 2.39. The molecule has 6 heteroatoms. The molecule has 0 aliphatic carbocycles. The minimum atomic E-state index is -0.494. The molecule has 0 aromatic heterocycles. The summed E-state index contributed by atoms with van der Waals surface area (Å²) in [5.74, 6) is 1.53. The van der Waals surface area contributed by atoms with Crippen molar-refractivity contribution in [3.8, 4) is 17.2 Å². The molecule has 26 heavy (non-hydrogen) atoms. The van der Waals surface area contributed by atoms with E-state index in [4.69, 9.17) is 14.2 Å². The molecule has 0 bridgehead atoms. The van der Waals surface area contributed by atoms with E-state index in [0.717, 1.165) is 11.3 Å². The van der Waals surface area contributed by atoms with Crippen molar-refractivity contribution in [1.29, 1.82) is 0 Å². The molecular weight excluding hydrogens is 334 g/mol. The predicted octanol–water partition coefficient (Wildman–Crippen LogP) is 3.68. The smallest absolute Gasteiger partial charge is 0.414 e. The Labute approximate surface area is 151 Å². The van der Waals surface area contributed by atoms with Gasteiger partial charge < -0.3 is 19.1 Å². The number of ketones is 1. The van der Waals surface area contributed by atoms with Gasteiger partial charge in [0.25, 0.3) is 0 Å². The average molecular weight is 353 g/mol. The van der Waals surface area contributed by atoms with E-state index in [-0.39, 0.29) is 11.5 Å². The molecule has 0 fully saturated rings. The lowest BCUT2D eigenvalue weighted by atomic mass is 10.1. The van der Waals surface area contributed by atoms with Crippen molar-refractivity contribution in [2.45, 2.75) is 6.92 Å². The number of carbonyl (C=O) groups is 2. The Hall–Kier alpha value is -3.28. The van der Waals surface area contributed by atoms with Gasteiger partial charge in [0.1, 0.15) is 17.2 Å². The van der Waals surface area contributed by atoms with Crippen molar-refractivity contribution in [1.82, 2.24) is 4.90 Å². The molecule has 0 N–H and O–H groups in total. The van der Waals surface area contributed by atoms with Crippen molar-refractivity contribution in [2.75, 3.05) is 21.2 Å². The van der Waals surface area contributed by atoms with Crippen LogP contribution in [0.25, 0.3) is 6.08 Å². The molecule has 1 heterocycles. The molecule has 134 valence electrons. The maximum Gasteiger partial charge on any atom is 0.414 e. The van der Waals surface area contributed by atoms with E-state index < -0.39 is 6.09 Å². The first-order valence-corrected chi connectivity index (χ1v) is 8.01. The minimum Gasteiger partial charge on any atom is -0.497 e. The first-order chi connectivity index (χ1) is 12.4. The SMILES string of the molecule is COc1ccc(/C=C2/Oc3c(ccc(OC(=O)N(C)C)c3C)C2=O)cc1. The Kier molecular flexibility index (Phi) is 4.67. The van der Waals surface area contributed by atoms with E-state index >= 15 is 0 Å². The van der Waals surface area contributed by atoms with Crippen LogP contribution < -0.4 is 14.2 Å². The van der Waals surface area contributed by atoms with Crippen LogP contribution in [0.2, 0.25) is 0 Å². The second-order valence-electron chi connectivity index (χ2n) is 6.04. The second kappa shape index (κ2) is 6.92. The molecule has 0 saturated heterocycles. The number of amides is 1. The number of allylic oxidation sites excluding steroid dienone is 1. The summed E-state index contributed by atoms with van der Waals surface area (Å²) >= 11 is 0. The third-order valence-corrected chi connectivity index (χ3v) is 4.01. The summed E-state index contributed by atoms with van der Waals surface area (Å²) in [7, 11) is 4.79. The molecule has 1 aliphatic heterocycles. The molecule has 2 aromatic rings. The predicted molar refractivity (Wildman–Crippen MR) is 96.8 cm³/mol. The summed E-state index contributed by atoms with van der Waals surface area (Å²) in [6.07, 6.45) is 1.18. The zero-order valence-electron chi connectivity index (χ0n) is 15.0. The van der Waals surface area contributed by atoms with Gasteiger partial charge in [0.2, 0.25) is 5.78 Å². The van der Waals surface area contributed by atoms with Gasteiger partial charge in [-0.25, -0.2) is 4.79 Å². The fraction of sp³-hybridized carbons (Fsp3) is 0.200. The van der Waals surface area contributed by atoms with Crippen molar-refractivity contribution in [3.63, 3.8) is 0 Å². The van der Waals surface area contributed by atoms with Gasteiger partial charge in [-0.1, -0.05) is 12.1 Å². The molecule has 0 atom stereocenters. The zero-order chi connectivity index (χ0) is 18.8. The molecule has 6 nitrogen and oxygen atoms in total. The van der Waals surface area contributed by atoms with Crippen LogP contribution in [0.5, 0.6) is 17.2 Å². The molecule has 1 amide bonds. The number of fused-ring (bicyclic) bond motifs is 1. The van der Waals surface area contributed by atoms with E-state index in [2.05, 4.69) is 0 Å². The second-order valence-corrected chi connectivity index (χ2v) is 6.04. The van der Waals surface area contributed by atoms with Gasteiger partial charge in [0, 0.05) is 19.7 Å². The van der Waals surface area contributed by atoms with E-state index in [0.29, 0.717) is 22.6 Å². The van der Waals surface area contributed by atoms with Crippen LogP contribution in [0.3, 0.4) is 0 Å². The van der Waals surface area contributed by atoms with Gasteiger partial charge in [0.15, 0.2) is 5.76 Å². The molecule has 0 radical (unpaired) electrons. The first-order valence-electron chi connectivity index (χ1n) is 8.01. The summed E-state index contributed by atoms with van der Waals surface area (Å²) in [6.45, 7) is 1.75. The number of carbonyl (C=O) groups excluding carboxylic acids is 2. The maximum absolute atomic E-state index is 12.6. The largest absolute Gasteiger partial charge is 0.497 e. The Morgan fingerprint density at radius 1 is 1.12 bits per heavy atom. The Morgan fingerprint density at radius 2 is 1.81 bits per heavy atom. The fourth-order valence-electron chi connectivity index (χ4n) is 2.52. The Balaban J connectivity index is 1.89. The Morgan fingerprint density at radius 3 is 2.42 bits per heavy atom. The van der Waals surface area contributed by atoms with E-state index in [1.165, 1.54) is 4.90 Å². The van der Waals surface area contributed by atoms with Gasteiger partial charge in [0.05, 0.1) is 12.7 Å². The molecular formula is C20H19NO5. The van der Waals surface area contributed by atoms with Crippen LogP contribution in [0.1, 0.15) is 21.5 Å². The van der Waals surface area contributed by atoms with Crippen molar-refractivity contribution in [3.05, 3.63) is 58.8 Å². The van der Waals surface area contributed by atoms with Gasteiger partial charge in [-0.2, -0.15) is 0 Å². The molecule has 2 aromatic carbocycles. The summed E-state index contributed by atoms with van der Waals surface area (Å²) in [5.41, 5.74) is 1.87. The fourth-order valence-corrected chi connectivity index (χ4v) is 2.52. The van der Waals surface area contributed by atoms with Crippen LogP contribution in [0.4, 0.5) is 4.79 Å². The van der Waals surface area contributed by atoms with Gasteiger partial charge in [-0.15, -0.1) is 0 Å². The van der Waals surface area contributed by atoms with Gasteiger partial charge in [-0.05, 0) is 42.8 Å². The molecule has 0 unspecified atom stereocenters. The summed E-state index contributed by atoms with van der Waals surface area (Å²) in [6, 6.07) is 10.5. The molecule has 3 rings (SSSR count). The van der Waals surface area contributed by atoms with Crippen LogP contribution in [-0.4, -0.2) is 38.0 Å². The standard InChI is InChI=1S/C20H19NO5/c1-12-16(26-20(23)21(2)3)10-9-15-18(22)17(25-19(12)15)11-13-5-7-14(24-4)8-6-13/h5-11H,1-4H3/b17-11+. The van der Waals surface area contributed by atoms with E-state index in [1.54, 1.807) is 46.3 Å². The van der Waals surface area contributed by atoms with Gasteiger partial charge >= 0.3 is 6.09 Å². The zero-order valence-corrected chi connectivity index (χ0v) is 15.0. The number of nitrogens with zero attached hydrogens (tertiary/aromatic N) is 1. The lowest BCUT2D eigenvalue weighted by Gasteiger charge is -2.13. The minimum absolute atomic E-state index is 0.204. The number of benzene rings is 2. The van der Waals surface area contributed by atoms with Gasteiger partial charge in [-0.3, -0.25) is 4.79 Å². The highest BCUT2D eigenvalue weighted by Gasteiger charge is 2.30. The average Bonchev–Trinajstić information content (AvgIpc) is 2.94. The Bertz CT molecular complexity index is 897. The molecule has 1 aliphatic rings. The number of methoxy groups -OCH3 is 1. The third kappa shape index (κ3) is 3.26. The normalized spacial score (nSPS) is 14.0. The van der Waals surface area contributed by atoms with Crippen LogP contribution >= 0.6 is 0 Å². The highest BCUT2D eigenvalue weighted by atomic mass is 16.6. The van der Waals surface area contributed by atoms with Crippen LogP contribution in [-0.2, 0) is 0 Å². The monoisotopic (exact) mass is 353 g/mol. The van der Waals surface area contributed by atoms with Crippen molar-refractivity contribution >= 4 is 18.0 Å².